The SMILES string of the molecule is CC(C)(C)[Si](O[C@@H]1C[C@@H]2Oc3c(OCC(=O)O)cccc3O[C@@H]2[C@H]1C=CCO)(c1ccccc1)c1ccccc1. The third kappa shape index (κ3) is 5.26. The van der Waals surface area contributed by atoms with Gasteiger partial charge in [-0.25, -0.2) is 4.79 Å². The molecule has 7 nitrogen and oxygen atoms in total. The number of carbonyl (C=O) groups is 1. The van der Waals surface area contributed by atoms with Gasteiger partial charge >= 0.3 is 5.97 Å². The molecule has 5 rings (SSSR count). The first-order valence-corrected chi connectivity index (χ1v) is 15.5. The number of ether oxygens (including phenoxy) is 3. The van der Waals surface area contributed by atoms with Gasteiger partial charge in [0.2, 0.25) is 5.75 Å². The lowest BCUT2D eigenvalue weighted by atomic mass is 10.0. The quantitative estimate of drug-likeness (QED) is 0.300. The molecule has 0 aromatic heterocycles. The summed E-state index contributed by atoms with van der Waals surface area (Å²) in [6, 6.07) is 26.2. The first kappa shape index (κ1) is 28.0. The molecule has 4 atom stereocenters. The molecule has 1 heterocycles. The lowest BCUT2D eigenvalue weighted by Gasteiger charge is -2.45. The van der Waals surface area contributed by atoms with Gasteiger partial charge in [0.1, 0.15) is 12.2 Å². The summed E-state index contributed by atoms with van der Waals surface area (Å²) in [5, 5.41) is 20.9. The van der Waals surface area contributed by atoms with Crippen LogP contribution in [-0.4, -0.2) is 56.0 Å². The number of para-hydroxylation sites is 1. The molecule has 3 aromatic rings. The average Bonchev–Trinajstić information content (AvgIpc) is 3.28. The molecule has 8 heteroatoms. The summed E-state index contributed by atoms with van der Waals surface area (Å²) in [5.41, 5.74) is 0. The normalized spacial score (nSPS) is 22.2. The highest BCUT2D eigenvalue weighted by molar-refractivity contribution is 6.99. The van der Waals surface area contributed by atoms with E-state index in [1.165, 1.54) is 10.4 Å². The van der Waals surface area contributed by atoms with E-state index in [4.69, 9.17) is 23.7 Å². The number of aliphatic hydroxyl groups excluding tert-OH is 1. The second kappa shape index (κ2) is 11.5. The largest absolute Gasteiger partial charge is 0.482 e. The molecular formula is C32H36O7Si. The van der Waals surface area contributed by atoms with E-state index in [1.54, 1.807) is 24.3 Å². The topological polar surface area (TPSA) is 94.5 Å². The predicted molar refractivity (Wildman–Crippen MR) is 155 cm³/mol. The molecule has 2 aliphatic rings. The molecule has 1 fully saturated rings. The number of aliphatic hydroxyl groups is 1. The van der Waals surface area contributed by atoms with Crippen LogP contribution in [0.4, 0.5) is 0 Å². The molecule has 0 amide bonds. The Labute approximate surface area is 236 Å². The van der Waals surface area contributed by atoms with Gasteiger partial charge < -0.3 is 28.8 Å². The van der Waals surface area contributed by atoms with Crippen molar-refractivity contribution in [3.05, 3.63) is 91.0 Å². The van der Waals surface area contributed by atoms with Crippen LogP contribution >= 0.6 is 0 Å². The molecule has 1 saturated carbocycles. The van der Waals surface area contributed by atoms with Crippen molar-refractivity contribution in [3.8, 4) is 17.2 Å². The van der Waals surface area contributed by atoms with Gasteiger partial charge in [-0.15, -0.1) is 0 Å². The number of carboxylic acids is 1. The van der Waals surface area contributed by atoms with E-state index in [1.807, 2.05) is 18.2 Å². The molecule has 1 aliphatic carbocycles. The lowest BCUT2D eigenvalue weighted by Crippen LogP contribution is -2.68. The zero-order valence-electron chi connectivity index (χ0n) is 23.0. The van der Waals surface area contributed by atoms with Crippen molar-refractivity contribution in [3.63, 3.8) is 0 Å². The number of benzene rings is 3. The monoisotopic (exact) mass is 560 g/mol. The maximum absolute atomic E-state index is 11.1. The predicted octanol–water partition coefficient (Wildman–Crippen LogP) is 4.17. The Hall–Kier alpha value is -3.59. The van der Waals surface area contributed by atoms with Crippen LogP contribution in [-0.2, 0) is 9.22 Å². The third-order valence-electron chi connectivity index (χ3n) is 7.67. The number of hydrogen-bond acceptors (Lipinski definition) is 6. The molecule has 0 spiro atoms. The Kier molecular flexibility index (Phi) is 8.03. The summed E-state index contributed by atoms with van der Waals surface area (Å²) < 4.78 is 26.0. The number of carboxylic acid groups (broad SMARTS) is 1. The summed E-state index contributed by atoms with van der Waals surface area (Å²) in [4.78, 5) is 11.1. The van der Waals surface area contributed by atoms with E-state index >= 15 is 0 Å². The van der Waals surface area contributed by atoms with Gasteiger partial charge in [0.15, 0.2) is 18.1 Å². The van der Waals surface area contributed by atoms with Crippen molar-refractivity contribution in [2.24, 2.45) is 5.92 Å². The summed E-state index contributed by atoms with van der Waals surface area (Å²) in [7, 11) is -2.87. The van der Waals surface area contributed by atoms with Crippen molar-refractivity contribution in [1.29, 1.82) is 0 Å². The van der Waals surface area contributed by atoms with Crippen LogP contribution < -0.4 is 24.6 Å². The van der Waals surface area contributed by atoms with E-state index in [-0.39, 0.29) is 35.9 Å². The number of rotatable bonds is 9. The maximum atomic E-state index is 11.1. The maximum Gasteiger partial charge on any atom is 0.341 e. The third-order valence-corrected chi connectivity index (χ3v) is 12.7. The van der Waals surface area contributed by atoms with E-state index in [0.717, 1.165) is 0 Å². The Bertz CT molecular complexity index is 1300. The van der Waals surface area contributed by atoms with Crippen LogP contribution in [0.1, 0.15) is 27.2 Å². The van der Waals surface area contributed by atoms with Crippen molar-refractivity contribution >= 4 is 24.7 Å². The van der Waals surface area contributed by atoms with Crippen LogP contribution in [0.2, 0.25) is 5.04 Å². The number of fused-ring (bicyclic) bond motifs is 2. The van der Waals surface area contributed by atoms with E-state index in [2.05, 4.69) is 69.3 Å². The molecule has 40 heavy (non-hydrogen) atoms. The standard InChI is InChI=1S/C32H36O7Si/c1-32(2,3)40(22-12-6-4-7-13-22,23-14-8-5-9-15-23)39-27-20-28-30(24(27)16-11-19-33)37-26-18-10-17-25(31(26)38-28)36-21-29(34)35/h4-18,24,27-28,30,33H,19-21H2,1-3H3,(H,34,35)/t24-,27+,28-,30+/m0/s1. The van der Waals surface area contributed by atoms with Gasteiger partial charge in [-0.1, -0.05) is 99.7 Å². The zero-order chi connectivity index (χ0) is 28.3. The van der Waals surface area contributed by atoms with Crippen LogP contribution in [0.3, 0.4) is 0 Å². The average molecular weight is 561 g/mol. The Morgan fingerprint density at radius 1 is 0.975 bits per heavy atom. The Morgan fingerprint density at radius 3 is 2.20 bits per heavy atom. The molecular weight excluding hydrogens is 524 g/mol. The fraction of sp³-hybridized carbons (Fsp3) is 0.344. The van der Waals surface area contributed by atoms with Gasteiger partial charge in [0.25, 0.3) is 8.32 Å². The second-order valence-electron chi connectivity index (χ2n) is 11.2. The molecule has 0 bridgehead atoms. The summed E-state index contributed by atoms with van der Waals surface area (Å²) >= 11 is 0. The minimum Gasteiger partial charge on any atom is -0.482 e. The smallest absolute Gasteiger partial charge is 0.341 e. The summed E-state index contributed by atoms with van der Waals surface area (Å²) in [6.45, 7) is 6.16. The van der Waals surface area contributed by atoms with Gasteiger partial charge in [0.05, 0.1) is 12.7 Å². The lowest BCUT2D eigenvalue weighted by molar-refractivity contribution is -0.139. The van der Waals surface area contributed by atoms with Gasteiger partial charge in [-0.05, 0) is 27.5 Å². The number of aliphatic carboxylic acids is 1. The molecule has 210 valence electrons. The first-order valence-electron chi connectivity index (χ1n) is 13.6. The second-order valence-corrected chi connectivity index (χ2v) is 15.5. The molecule has 1 aliphatic heterocycles. The van der Waals surface area contributed by atoms with E-state index in [9.17, 15) is 9.90 Å². The van der Waals surface area contributed by atoms with Gasteiger partial charge in [-0.3, -0.25) is 0 Å². The van der Waals surface area contributed by atoms with Crippen molar-refractivity contribution in [2.45, 2.75) is 50.5 Å². The van der Waals surface area contributed by atoms with Gasteiger partial charge in [-0.2, -0.15) is 0 Å². The van der Waals surface area contributed by atoms with Crippen LogP contribution in [0, 0.1) is 5.92 Å². The molecule has 0 radical (unpaired) electrons. The van der Waals surface area contributed by atoms with Crippen LogP contribution in [0.25, 0.3) is 0 Å². The highest BCUT2D eigenvalue weighted by Gasteiger charge is 2.56. The summed E-state index contributed by atoms with van der Waals surface area (Å²) in [5.74, 6) is -0.0210. The fourth-order valence-electron chi connectivity index (χ4n) is 6.00. The van der Waals surface area contributed by atoms with E-state index in [0.29, 0.717) is 23.7 Å². The van der Waals surface area contributed by atoms with E-state index < -0.39 is 20.9 Å². The van der Waals surface area contributed by atoms with Crippen molar-refractivity contribution < 1.29 is 33.6 Å². The molecule has 2 N–H and O–H groups in total. The summed E-state index contributed by atoms with van der Waals surface area (Å²) in [6.07, 6.45) is 3.31. The van der Waals surface area contributed by atoms with Crippen LogP contribution in [0.5, 0.6) is 17.2 Å². The highest BCUT2D eigenvalue weighted by Crippen LogP contribution is 2.49. The fourth-order valence-corrected chi connectivity index (χ4v) is 10.7. The number of hydrogen-bond donors (Lipinski definition) is 2. The van der Waals surface area contributed by atoms with Gasteiger partial charge in [0, 0.05) is 12.3 Å². The highest BCUT2D eigenvalue weighted by atomic mass is 28.4. The molecule has 0 unspecified atom stereocenters. The van der Waals surface area contributed by atoms with Crippen molar-refractivity contribution in [1.82, 2.24) is 0 Å². The Balaban J connectivity index is 1.55. The zero-order valence-corrected chi connectivity index (χ0v) is 24.0. The Morgan fingerprint density at radius 2 is 1.62 bits per heavy atom. The van der Waals surface area contributed by atoms with Crippen molar-refractivity contribution in [2.75, 3.05) is 13.2 Å². The molecule has 3 aromatic carbocycles. The first-order chi connectivity index (χ1) is 19.2. The minimum atomic E-state index is -2.87. The molecule has 0 saturated heterocycles. The van der Waals surface area contributed by atoms with Crippen LogP contribution in [0.15, 0.2) is 91.0 Å². The minimum absolute atomic E-state index is 0.0928.